The van der Waals surface area contributed by atoms with Crippen molar-refractivity contribution in [1.82, 2.24) is 24.8 Å². The topological polar surface area (TPSA) is 122 Å². The maximum absolute atomic E-state index is 13.4. The number of rotatable bonds is 9. The number of aromatic nitrogens is 3. The maximum atomic E-state index is 13.4. The number of anilines is 1. The van der Waals surface area contributed by atoms with Crippen molar-refractivity contribution in [3.8, 4) is 5.75 Å². The molecule has 2 aromatic heterocycles. The molecule has 0 atom stereocenters. The fraction of sp³-hybridized carbons (Fsp3) is 0.440. The third-order valence-corrected chi connectivity index (χ3v) is 6.41. The number of ether oxygens (including phenoxy) is 1. The molecule has 10 nitrogen and oxygen atoms in total. The standard InChI is InChI=1S/C25H31ClN6O4/c1-16(2)31-10-8-18(9-11-31)28-25(35)24-30-23-19(4-3-5-20(23)36-13-12-33)32(24)15-22(34)29-21-7-6-17(26)14-27-21/h3-7,14,16,18,33H,8-13,15H2,1-2H3,(H,28,35)(H,27,29,34). The molecular weight excluding hydrogens is 484 g/mol. The molecule has 0 unspecified atom stereocenters. The summed E-state index contributed by atoms with van der Waals surface area (Å²) in [4.78, 5) is 37.3. The number of pyridine rings is 1. The molecule has 1 aromatic carbocycles. The zero-order chi connectivity index (χ0) is 25.7. The SMILES string of the molecule is CC(C)N1CCC(NC(=O)c2nc3c(OCCO)cccc3n2CC(=O)Nc2ccc(Cl)cn2)CC1. The normalized spacial score (nSPS) is 14.8. The average Bonchev–Trinajstić information content (AvgIpc) is 3.23. The number of likely N-dealkylation sites (tertiary alicyclic amines) is 1. The first-order valence-corrected chi connectivity index (χ1v) is 12.4. The van der Waals surface area contributed by atoms with Crippen LogP contribution in [0.5, 0.6) is 5.75 Å². The van der Waals surface area contributed by atoms with Crippen LogP contribution >= 0.6 is 11.6 Å². The van der Waals surface area contributed by atoms with Crippen LogP contribution in [0.4, 0.5) is 5.82 Å². The summed E-state index contributed by atoms with van der Waals surface area (Å²) in [5, 5.41) is 15.5. The van der Waals surface area contributed by atoms with Crippen LogP contribution in [0.3, 0.4) is 0 Å². The van der Waals surface area contributed by atoms with Crippen molar-refractivity contribution in [2.24, 2.45) is 0 Å². The summed E-state index contributed by atoms with van der Waals surface area (Å²) in [7, 11) is 0. The van der Waals surface area contributed by atoms with Crippen molar-refractivity contribution in [3.05, 3.63) is 47.4 Å². The molecule has 36 heavy (non-hydrogen) atoms. The van der Waals surface area contributed by atoms with Gasteiger partial charge in [-0.05, 0) is 51.0 Å². The number of aliphatic hydroxyl groups is 1. The van der Waals surface area contributed by atoms with E-state index in [2.05, 4.69) is 39.3 Å². The minimum Gasteiger partial charge on any atom is -0.489 e. The van der Waals surface area contributed by atoms with E-state index in [-0.39, 0.29) is 43.4 Å². The molecule has 0 spiro atoms. The van der Waals surface area contributed by atoms with Gasteiger partial charge in [0.25, 0.3) is 5.91 Å². The Balaban J connectivity index is 1.59. The molecule has 2 amide bonds. The summed E-state index contributed by atoms with van der Waals surface area (Å²) in [6.45, 7) is 5.94. The molecule has 3 heterocycles. The van der Waals surface area contributed by atoms with E-state index >= 15 is 0 Å². The summed E-state index contributed by atoms with van der Waals surface area (Å²) >= 11 is 5.88. The average molecular weight is 515 g/mol. The fourth-order valence-electron chi connectivity index (χ4n) is 4.31. The zero-order valence-electron chi connectivity index (χ0n) is 20.4. The third kappa shape index (κ3) is 6.13. The molecule has 1 fully saturated rings. The van der Waals surface area contributed by atoms with Crippen LogP contribution in [-0.4, -0.2) is 74.7 Å². The molecule has 3 N–H and O–H groups in total. The molecule has 1 aliphatic rings. The highest BCUT2D eigenvalue weighted by atomic mass is 35.5. The number of carbonyl (C=O) groups excluding carboxylic acids is 2. The van der Waals surface area contributed by atoms with Gasteiger partial charge in [0.05, 0.1) is 17.1 Å². The third-order valence-electron chi connectivity index (χ3n) is 6.19. The summed E-state index contributed by atoms with van der Waals surface area (Å²) in [6.07, 6.45) is 3.13. The number of hydrogen-bond acceptors (Lipinski definition) is 7. The number of piperidine rings is 1. The van der Waals surface area contributed by atoms with Crippen molar-refractivity contribution in [2.75, 3.05) is 31.6 Å². The van der Waals surface area contributed by atoms with Crippen LogP contribution in [-0.2, 0) is 11.3 Å². The predicted molar refractivity (Wildman–Crippen MR) is 137 cm³/mol. The van der Waals surface area contributed by atoms with Gasteiger partial charge in [-0.25, -0.2) is 9.97 Å². The van der Waals surface area contributed by atoms with E-state index in [9.17, 15) is 14.7 Å². The van der Waals surface area contributed by atoms with Crippen LogP contribution < -0.4 is 15.4 Å². The fourth-order valence-corrected chi connectivity index (χ4v) is 4.42. The molecule has 0 bridgehead atoms. The highest BCUT2D eigenvalue weighted by Gasteiger charge is 2.26. The van der Waals surface area contributed by atoms with Gasteiger partial charge in [0.15, 0.2) is 0 Å². The van der Waals surface area contributed by atoms with Gasteiger partial charge in [-0.2, -0.15) is 0 Å². The molecule has 0 radical (unpaired) electrons. The lowest BCUT2D eigenvalue weighted by Crippen LogP contribution is -2.47. The minimum atomic E-state index is -0.370. The Labute approximate surface area is 214 Å². The monoisotopic (exact) mass is 514 g/mol. The van der Waals surface area contributed by atoms with E-state index < -0.39 is 0 Å². The number of fused-ring (bicyclic) bond motifs is 1. The van der Waals surface area contributed by atoms with Crippen LogP contribution in [0, 0.1) is 0 Å². The first-order chi connectivity index (χ1) is 17.4. The molecule has 0 saturated carbocycles. The molecule has 0 aliphatic carbocycles. The number of carbonyl (C=O) groups is 2. The number of benzene rings is 1. The van der Waals surface area contributed by atoms with Crippen LogP contribution in [0.1, 0.15) is 37.3 Å². The summed E-state index contributed by atoms with van der Waals surface area (Å²) < 4.78 is 7.20. The quantitative estimate of drug-likeness (QED) is 0.401. The highest BCUT2D eigenvalue weighted by Crippen LogP contribution is 2.27. The maximum Gasteiger partial charge on any atom is 0.287 e. The Morgan fingerprint density at radius 2 is 2.00 bits per heavy atom. The second-order valence-corrected chi connectivity index (χ2v) is 9.44. The van der Waals surface area contributed by atoms with Crippen molar-refractivity contribution in [3.63, 3.8) is 0 Å². The molecule has 11 heteroatoms. The number of aliphatic hydroxyl groups excluding tert-OH is 1. The van der Waals surface area contributed by atoms with Crippen molar-refractivity contribution in [1.29, 1.82) is 0 Å². The van der Waals surface area contributed by atoms with Gasteiger partial charge in [-0.3, -0.25) is 9.59 Å². The van der Waals surface area contributed by atoms with E-state index in [0.717, 1.165) is 25.9 Å². The number of hydrogen-bond donors (Lipinski definition) is 3. The van der Waals surface area contributed by atoms with Crippen molar-refractivity contribution in [2.45, 2.75) is 45.3 Å². The first-order valence-electron chi connectivity index (χ1n) is 12.0. The van der Waals surface area contributed by atoms with Gasteiger partial charge < -0.3 is 29.9 Å². The number of para-hydroxylation sites is 1. The molecular formula is C25H31ClN6O4. The lowest BCUT2D eigenvalue weighted by Gasteiger charge is -2.34. The lowest BCUT2D eigenvalue weighted by atomic mass is 10.0. The first kappa shape index (κ1) is 25.9. The molecule has 1 aliphatic heterocycles. The number of imidazole rings is 1. The van der Waals surface area contributed by atoms with Gasteiger partial charge >= 0.3 is 0 Å². The van der Waals surface area contributed by atoms with Gasteiger partial charge in [0.1, 0.15) is 30.2 Å². The Morgan fingerprint density at radius 1 is 1.22 bits per heavy atom. The largest absolute Gasteiger partial charge is 0.489 e. The predicted octanol–water partition coefficient (Wildman–Crippen LogP) is 2.70. The van der Waals surface area contributed by atoms with E-state index in [4.69, 9.17) is 16.3 Å². The van der Waals surface area contributed by atoms with E-state index in [1.807, 2.05) is 0 Å². The van der Waals surface area contributed by atoms with Crippen LogP contribution in [0.2, 0.25) is 5.02 Å². The number of amides is 2. The van der Waals surface area contributed by atoms with Gasteiger partial charge in [-0.15, -0.1) is 0 Å². The number of nitrogens with one attached hydrogen (secondary N) is 2. The number of halogens is 1. The van der Waals surface area contributed by atoms with E-state index in [1.165, 1.54) is 6.20 Å². The van der Waals surface area contributed by atoms with Crippen molar-refractivity contribution >= 4 is 40.3 Å². The number of nitrogens with zero attached hydrogens (tertiary/aromatic N) is 4. The van der Waals surface area contributed by atoms with Crippen LogP contribution in [0.25, 0.3) is 11.0 Å². The molecule has 4 rings (SSSR count). The Bertz CT molecular complexity index is 1210. The van der Waals surface area contributed by atoms with Gasteiger partial charge in [-0.1, -0.05) is 17.7 Å². The Kier molecular flexibility index (Phi) is 8.40. The summed E-state index contributed by atoms with van der Waals surface area (Å²) in [5.74, 6) is 0.184. The molecule has 3 aromatic rings. The van der Waals surface area contributed by atoms with Crippen LogP contribution in [0.15, 0.2) is 36.5 Å². The Hall–Kier alpha value is -3.21. The summed E-state index contributed by atoms with van der Waals surface area (Å²) in [6, 6.07) is 8.98. The Morgan fingerprint density at radius 3 is 2.67 bits per heavy atom. The van der Waals surface area contributed by atoms with Gasteiger partial charge in [0, 0.05) is 31.4 Å². The molecule has 1 saturated heterocycles. The van der Waals surface area contributed by atoms with Crippen molar-refractivity contribution < 1.29 is 19.4 Å². The highest BCUT2D eigenvalue weighted by molar-refractivity contribution is 6.30. The smallest absolute Gasteiger partial charge is 0.287 e. The second kappa shape index (κ2) is 11.7. The molecule has 192 valence electrons. The minimum absolute atomic E-state index is 0.0259. The second-order valence-electron chi connectivity index (χ2n) is 9.00. The van der Waals surface area contributed by atoms with E-state index in [1.54, 1.807) is 34.9 Å². The zero-order valence-corrected chi connectivity index (χ0v) is 21.2. The van der Waals surface area contributed by atoms with Gasteiger partial charge in [0.2, 0.25) is 11.7 Å². The summed E-state index contributed by atoms with van der Waals surface area (Å²) in [5.41, 5.74) is 1.02. The lowest BCUT2D eigenvalue weighted by molar-refractivity contribution is -0.116. The van der Waals surface area contributed by atoms with E-state index in [0.29, 0.717) is 33.7 Å².